The van der Waals surface area contributed by atoms with Gasteiger partial charge in [-0.3, -0.25) is 4.79 Å². The van der Waals surface area contributed by atoms with Crippen LogP contribution in [0, 0.1) is 17.3 Å². The van der Waals surface area contributed by atoms with Gasteiger partial charge in [-0.2, -0.15) is 0 Å². The van der Waals surface area contributed by atoms with Crippen molar-refractivity contribution in [3.8, 4) is 11.5 Å². The maximum Gasteiger partial charge on any atom is 0.186 e. The van der Waals surface area contributed by atoms with E-state index in [9.17, 15) is 10.0 Å². The Morgan fingerprint density at radius 3 is 2.65 bits per heavy atom. The molecule has 0 aromatic heterocycles. The third-order valence-electron chi connectivity index (χ3n) is 7.97. The number of fused-ring (bicyclic) bond motifs is 5. The minimum absolute atomic E-state index is 0.0616. The number of carbonyl (C=O) groups excluding carboxylic acids is 1. The Bertz CT molecular complexity index is 1030. The van der Waals surface area contributed by atoms with Gasteiger partial charge in [0.05, 0.1) is 7.11 Å². The molecule has 5 nitrogen and oxygen atoms in total. The average molecular weight is 420 g/mol. The summed E-state index contributed by atoms with van der Waals surface area (Å²) in [6, 6.07) is 14.5. The lowest BCUT2D eigenvalue weighted by atomic mass is 9.55. The van der Waals surface area contributed by atoms with Gasteiger partial charge >= 0.3 is 0 Å². The maximum atomic E-state index is 12.8. The predicted molar refractivity (Wildman–Crippen MR) is 118 cm³/mol. The van der Waals surface area contributed by atoms with E-state index in [1.807, 2.05) is 24.3 Å². The minimum Gasteiger partial charge on any atom is -0.497 e. The Labute approximate surface area is 183 Å². The Balaban J connectivity index is 1.32. The molecule has 0 unspecified atom stereocenters. The summed E-state index contributed by atoms with van der Waals surface area (Å²) in [4.78, 5) is 12.8. The average Bonchev–Trinajstić information content (AvgIpc) is 3.08. The van der Waals surface area contributed by atoms with Crippen molar-refractivity contribution in [1.29, 1.82) is 0 Å². The zero-order chi connectivity index (χ0) is 21.6. The summed E-state index contributed by atoms with van der Waals surface area (Å²) in [7, 11) is 1.67. The van der Waals surface area contributed by atoms with Crippen LogP contribution in [0.25, 0.3) is 0 Å². The molecule has 4 atom stereocenters. The molecule has 31 heavy (non-hydrogen) atoms. The van der Waals surface area contributed by atoms with Crippen molar-refractivity contribution in [3.63, 3.8) is 0 Å². The van der Waals surface area contributed by atoms with E-state index in [4.69, 9.17) is 9.47 Å². The summed E-state index contributed by atoms with van der Waals surface area (Å²) in [5.74, 6) is 3.04. The molecule has 1 N–H and O–H groups in total. The summed E-state index contributed by atoms with van der Waals surface area (Å²) < 4.78 is 11.3. The quantitative estimate of drug-likeness (QED) is 0.550. The van der Waals surface area contributed by atoms with E-state index in [1.54, 1.807) is 7.11 Å². The highest BCUT2D eigenvalue weighted by Crippen LogP contribution is 2.59. The van der Waals surface area contributed by atoms with Gasteiger partial charge in [-0.15, -0.1) is 0 Å². The molecule has 0 heterocycles. The fourth-order valence-electron chi connectivity index (χ4n) is 6.23. The number of hydrogen-bond donors (Lipinski definition) is 1. The van der Waals surface area contributed by atoms with Crippen molar-refractivity contribution in [2.75, 3.05) is 7.11 Å². The van der Waals surface area contributed by atoms with Gasteiger partial charge in [0, 0.05) is 11.8 Å². The van der Waals surface area contributed by atoms with Gasteiger partial charge in [-0.05, 0) is 84.4 Å². The second-order valence-electron chi connectivity index (χ2n) is 9.45. The smallest absolute Gasteiger partial charge is 0.186 e. The van der Waals surface area contributed by atoms with Crippen LogP contribution in [0.15, 0.2) is 47.6 Å². The van der Waals surface area contributed by atoms with E-state index in [-0.39, 0.29) is 17.1 Å². The first kappa shape index (κ1) is 20.1. The van der Waals surface area contributed by atoms with Gasteiger partial charge < -0.3 is 14.7 Å². The lowest BCUT2D eigenvalue weighted by Gasteiger charge is -2.47. The highest BCUT2D eigenvalue weighted by atomic mass is 16.5. The highest BCUT2D eigenvalue weighted by Gasteiger charge is 2.57. The van der Waals surface area contributed by atoms with Crippen molar-refractivity contribution in [2.24, 2.45) is 22.4 Å². The number of methoxy groups -OCH3 is 1. The van der Waals surface area contributed by atoms with Gasteiger partial charge in [0.25, 0.3) is 0 Å². The van der Waals surface area contributed by atoms with E-state index >= 15 is 0 Å². The van der Waals surface area contributed by atoms with Gasteiger partial charge in [0.15, 0.2) is 5.78 Å². The summed E-state index contributed by atoms with van der Waals surface area (Å²) in [6.07, 6.45) is 4.58. The van der Waals surface area contributed by atoms with Crippen LogP contribution in [-0.4, -0.2) is 23.8 Å². The van der Waals surface area contributed by atoms with Crippen LogP contribution in [0.3, 0.4) is 0 Å². The molecule has 3 aliphatic rings. The molecule has 0 amide bonds. The lowest BCUT2D eigenvalue weighted by Crippen LogP contribution is -2.42. The van der Waals surface area contributed by atoms with Gasteiger partial charge in [-0.25, -0.2) is 0 Å². The van der Waals surface area contributed by atoms with E-state index < -0.39 is 0 Å². The van der Waals surface area contributed by atoms with Crippen molar-refractivity contribution in [2.45, 2.75) is 51.6 Å². The molecule has 0 radical (unpaired) electrons. The number of ether oxygens (including phenoxy) is 2. The summed E-state index contributed by atoms with van der Waals surface area (Å²) >= 11 is 0. The van der Waals surface area contributed by atoms with E-state index in [0.717, 1.165) is 42.7 Å². The number of oxime groups is 1. The van der Waals surface area contributed by atoms with E-state index in [0.29, 0.717) is 30.6 Å². The molecule has 0 aliphatic heterocycles. The Kier molecular flexibility index (Phi) is 4.99. The first-order chi connectivity index (χ1) is 15.0. The Morgan fingerprint density at radius 2 is 1.90 bits per heavy atom. The predicted octanol–water partition coefficient (Wildman–Crippen LogP) is 5.14. The standard InChI is InChI=1S/C26H29NO4/c1-26-12-11-21-20-10-8-19(31-15-16-3-6-18(30-2)7-4-16)13-17(20)5-9-22(21)23(26)14-24(27-29)25(26)28/h3-4,6-8,10,13,21-23,29H,5,9,11-12,14-15H2,1-2H3/b27-24+/t21-,22-,23+,26-/m1/s1. The van der Waals surface area contributed by atoms with Crippen LogP contribution >= 0.6 is 0 Å². The van der Waals surface area contributed by atoms with Gasteiger partial charge in [0.2, 0.25) is 0 Å². The number of rotatable bonds is 4. The summed E-state index contributed by atoms with van der Waals surface area (Å²) in [5.41, 5.74) is 3.91. The van der Waals surface area contributed by atoms with Crippen LogP contribution in [-0.2, 0) is 17.8 Å². The van der Waals surface area contributed by atoms with E-state index in [1.165, 1.54) is 11.1 Å². The first-order valence-corrected chi connectivity index (χ1v) is 11.2. The fourth-order valence-corrected chi connectivity index (χ4v) is 6.23. The lowest BCUT2D eigenvalue weighted by molar-refractivity contribution is -0.125. The number of aryl methyl sites for hydroxylation is 1. The first-order valence-electron chi connectivity index (χ1n) is 11.2. The summed E-state index contributed by atoms with van der Waals surface area (Å²) in [5, 5.41) is 12.6. The summed E-state index contributed by atoms with van der Waals surface area (Å²) in [6.45, 7) is 2.61. The molecule has 2 fully saturated rings. The topological polar surface area (TPSA) is 68.1 Å². The zero-order valence-electron chi connectivity index (χ0n) is 18.1. The molecule has 162 valence electrons. The Hall–Kier alpha value is -2.82. The number of benzene rings is 2. The minimum atomic E-state index is -0.359. The number of nitrogens with zero attached hydrogens (tertiary/aromatic N) is 1. The molecule has 2 aromatic carbocycles. The third-order valence-corrected chi connectivity index (χ3v) is 7.97. The van der Waals surface area contributed by atoms with Crippen LogP contribution in [0.4, 0.5) is 0 Å². The monoisotopic (exact) mass is 419 g/mol. The van der Waals surface area contributed by atoms with Crippen LogP contribution < -0.4 is 9.47 Å². The second kappa shape index (κ2) is 7.70. The number of Topliss-reactive ketones (excluding diaryl/α,β-unsaturated/α-hetero) is 1. The van der Waals surface area contributed by atoms with Crippen LogP contribution in [0.5, 0.6) is 11.5 Å². The molecule has 0 spiro atoms. The van der Waals surface area contributed by atoms with Gasteiger partial charge in [0.1, 0.15) is 23.8 Å². The number of carbonyl (C=O) groups is 1. The molecule has 3 aliphatic carbocycles. The normalized spacial score (nSPS) is 30.5. The molecule has 0 bridgehead atoms. The largest absolute Gasteiger partial charge is 0.497 e. The Morgan fingerprint density at radius 1 is 1.13 bits per heavy atom. The van der Waals surface area contributed by atoms with Crippen molar-refractivity contribution in [1.82, 2.24) is 0 Å². The highest BCUT2D eigenvalue weighted by molar-refractivity contribution is 6.43. The van der Waals surface area contributed by atoms with Crippen molar-refractivity contribution < 1.29 is 19.5 Å². The molecule has 2 aromatic rings. The number of hydrogen-bond acceptors (Lipinski definition) is 5. The van der Waals surface area contributed by atoms with E-state index in [2.05, 4.69) is 30.3 Å². The maximum absolute atomic E-state index is 12.8. The molecule has 5 heteroatoms. The SMILES string of the molecule is COc1ccc(COc2ccc3c(c2)CC[C@@H]2[C@@H]3CC[C@@]3(C)C(=O)/C(=N/O)C[C@@H]23)cc1. The third kappa shape index (κ3) is 3.31. The molecular weight excluding hydrogens is 390 g/mol. The molecule has 5 rings (SSSR count). The van der Waals surface area contributed by atoms with Crippen LogP contribution in [0.2, 0.25) is 0 Å². The second-order valence-corrected chi connectivity index (χ2v) is 9.45. The zero-order valence-corrected chi connectivity index (χ0v) is 18.1. The van der Waals surface area contributed by atoms with Crippen LogP contribution in [0.1, 0.15) is 55.2 Å². The fraction of sp³-hybridized carbons (Fsp3) is 0.462. The van der Waals surface area contributed by atoms with Crippen molar-refractivity contribution in [3.05, 3.63) is 59.2 Å². The molecule has 2 saturated carbocycles. The van der Waals surface area contributed by atoms with Gasteiger partial charge in [-0.1, -0.05) is 30.3 Å². The molecular formula is C26H29NO4. The molecule has 0 saturated heterocycles. The number of ketones is 1. The van der Waals surface area contributed by atoms with Crippen molar-refractivity contribution >= 4 is 11.5 Å².